The van der Waals surface area contributed by atoms with Crippen LogP contribution in [0.15, 0.2) is 91.5 Å². The van der Waals surface area contributed by atoms with E-state index in [0.717, 1.165) is 24.9 Å². The fraction of sp³-hybridized carbons (Fsp3) is 0.310. The Balaban J connectivity index is 1.27. The summed E-state index contributed by atoms with van der Waals surface area (Å²) in [6.45, 7) is 1.56. The maximum absolute atomic E-state index is 13.3. The lowest BCUT2D eigenvalue weighted by molar-refractivity contribution is -0.134. The van der Waals surface area contributed by atoms with Crippen LogP contribution in [0.1, 0.15) is 28.8 Å². The van der Waals surface area contributed by atoms with Crippen LogP contribution in [-0.4, -0.2) is 67.4 Å². The molecule has 2 aromatic heterocycles. The minimum absolute atomic E-state index is 0.0372. The number of carbonyl (C=O) groups excluding carboxylic acids is 2. The minimum atomic E-state index is 0.0372. The molecule has 8 heteroatoms. The van der Waals surface area contributed by atoms with E-state index in [1.165, 1.54) is 5.56 Å². The number of benzene rings is 2. The summed E-state index contributed by atoms with van der Waals surface area (Å²) in [6.07, 6.45) is 9.57. The summed E-state index contributed by atoms with van der Waals surface area (Å²) in [5.41, 5.74) is 2.74. The number of likely N-dealkylation sites (tertiary alicyclic amines) is 1. The SMILES string of the molecule is CN(C(=O)Cn1cccn1)C(Cc1ccccc1)C1CCN(C(=O)c2cccc(-n3cccn3)c2)CC1. The van der Waals surface area contributed by atoms with Crippen molar-refractivity contribution in [3.05, 3.63) is 103 Å². The van der Waals surface area contributed by atoms with E-state index in [1.54, 1.807) is 21.8 Å². The molecular weight excluding hydrogens is 464 g/mol. The van der Waals surface area contributed by atoms with Crippen molar-refractivity contribution in [3.8, 4) is 5.69 Å². The van der Waals surface area contributed by atoms with Gasteiger partial charge < -0.3 is 9.80 Å². The molecule has 0 bridgehead atoms. The Kier molecular flexibility index (Phi) is 7.44. The molecule has 2 aromatic carbocycles. The molecule has 0 saturated carbocycles. The van der Waals surface area contributed by atoms with Gasteiger partial charge in [0.15, 0.2) is 0 Å². The summed E-state index contributed by atoms with van der Waals surface area (Å²) in [5, 5.41) is 8.47. The van der Waals surface area contributed by atoms with Crippen LogP contribution in [-0.2, 0) is 17.8 Å². The molecule has 0 spiro atoms. The molecule has 0 radical (unpaired) electrons. The standard InChI is InChI=1S/C29H32N6O2/c1-32(28(36)22-34-16-6-14-30-34)27(20-23-8-3-2-4-9-23)24-12-18-33(19-13-24)29(37)25-10-5-11-26(21-25)35-17-7-15-31-35/h2-11,14-17,21,24,27H,12-13,18-20,22H2,1H3. The van der Waals surface area contributed by atoms with E-state index in [4.69, 9.17) is 0 Å². The van der Waals surface area contributed by atoms with Crippen LogP contribution >= 0.6 is 0 Å². The third kappa shape index (κ3) is 5.80. The zero-order valence-electron chi connectivity index (χ0n) is 21.1. The molecule has 2 amide bonds. The molecule has 37 heavy (non-hydrogen) atoms. The molecule has 1 aliphatic rings. The molecule has 0 N–H and O–H groups in total. The number of aromatic nitrogens is 4. The zero-order chi connectivity index (χ0) is 25.6. The van der Waals surface area contributed by atoms with Crippen LogP contribution in [0.3, 0.4) is 0 Å². The first-order chi connectivity index (χ1) is 18.1. The van der Waals surface area contributed by atoms with E-state index in [0.29, 0.717) is 24.6 Å². The Labute approximate surface area is 217 Å². The molecule has 0 aliphatic carbocycles. The molecule has 1 unspecified atom stereocenters. The third-order valence-electron chi connectivity index (χ3n) is 7.27. The first-order valence-electron chi connectivity index (χ1n) is 12.7. The van der Waals surface area contributed by atoms with Gasteiger partial charge in [0.25, 0.3) is 5.91 Å². The van der Waals surface area contributed by atoms with Crippen molar-refractivity contribution in [2.24, 2.45) is 5.92 Å². The normalized spacial score (nSPS) is 14.9. The van der Waals surface area contributed by atoms with Crippen LogP contribution in [0.2, 0.25) is 0 Å². The van der Waals surface area contributed by atoms with Gasteiger partial charge in [-0.1, -0.05) is 36.4 Å². The first kappa shape index (κ1) is 24.5. The van der Waals surface area contributed by atoms with E-state index < -0.39 is 0 Å². The lowest BCUT2D eigenvalue weighted by Gasteiger charge is -2.40. The third-order valence-corrected chi connectivity index (χ3v) is 7.27. The van der Waals surface area contributed by atoms with Crippen LogP contribution in [0, 0.1) is 5.92 Å². The highest BCUT2D eigenvalue weighted by Gasteiger charge is 2.33. The minimum Gasteiger partial charge on any atom is -0.341 e. The second-order valence-electron chi connectivity index (χ2n) is 9.60. The number of hydrogen-bond acceptors (Lipinski definition) is 4. The number of carbonyl (C=O) groups is 2. The van der Waals surface area contributed by atoms with Crippen molar-refractivity contribution in [1.82, 2.24) is 29.4 Å². The fourth-order valence-electron chi connectivity index (χ4n) is 5.18. The van der Waals surface area contributed by atoms with Crippen LogP contribution in [0.4, 0.5) is 0 Å². The lowest BCUT2D eigenvalue weighted by atomic mass is 9.84. The fourth-order valence-corrected chi connectivity index (χ4v) is 5.18. The maximum atomic E-state index is 13.3. The number of nitrogens with zero attached hydrogens (tertiary/aromatic N) is 6. The summed E-state index contributed by atoms with van der Waals surface area (Å²) in [4.78, 5) is 30.3. The van der Waals surface area contributed by atoms with E-state index >= 15 is 0 Å². The monoisotopic (exact) mass is 496 g/mol. The quantitative estimate of drug-likeness (QED) is 0.373. The predicted octanol–water partition coefficient (Wildman–Crippen LogP) is 3.69. The highest BCUT2D eigenvalue weighted by Crippen LogP contribution is 2.28. The first-order valence-corrected chi connectivity index (χ1v) is 12.7. The topological polar surface area (TPSA) is 76.3 Å². The molecule has 5 rings (SSSR count). The van der Waals surface area contributed by atoms with E-state index in [-0.39, 0.29) is 24.4 Å². The van der Waals surface area contributed by atoms with Crippen molar-refractivity contribution in [2.45, 2.75) is 31.8 Å². The van der Waals surface area contributed by atoms with Crippen molar-refractivity contribution in [3.63, 3.8) is 0 Å². The number of amides is 2. The van der Waals surface area contributed by atoms with Gasteiger partial charge in [-0.3, -0.25) is 14.3 Å². The average Bonchev–Trinajstić information content (AvgIpc) is 3.67. The molecule has 3 heterocycles. The van der Waals surface area contributed by atoms with Crippen LogP contribution in [0.5, 0.6) is 0 Å². The maximum Gasteiger partial charge on any atom is 0.253 e. The summed E-state index contributed by atoms with van der Waals surface area (Å²) < 4.78 is 3.42. The Bertz CT molecular complexity index is 1300. The van der Waals surface area contributed by atoms with E-state index in [2.05, 4.69) is 22.3 Å². The number of piperidine rings is 1. The highest BCUT2D eigenvalue weighted by atomic mass is 16.2. The highest BCUT2D eigenvalue weighted by molar-refractivity contribution is 5.94. The van der Waals surface area contributed by atoms with Crippen molar-refractivity contribution < 1.29 is 9.59 Å². The molecular formula is C29H32N6O2. The molecule has 4 aromatic rings. The van der Waals surface area contributed by atoms with Gasteiger partial charge in [-0.05, 0) is 61.1 Å². The lowest BCUT2D eigenvalue weighted by Crippen LogP contribution is -2.49. The van der Waals surface area contributed by atoms with Gasteiger partial charge in [-0.25, -0.2) is 4.68 Å². The zero-order valence-corrected chi connectivity index (χ0v) is 21.1. The van der Waals surface area contributed by atoms with Gasteiger partial charge in [0.2, 0.25) is 5.91 Å². The summed E-state index contributed by atoms with van der Waals surface area (Å²) >= 11 is 0. The molecule has 1 atom stereocenters. The smallest absolute Gasteiger partial charge is 0.253 e. The van der Waals surface area contributed by atoms with Gasteiger partial charge >= 0.3 is 0 Å². The van der Waals surface area contributed by atoms with Gasteiger partial charge in [0.1, 0.15) is 6.54 Å². The van der Waals surface area contributed by atoms with Crippen molar-refractivity contribution in [1.29, 1.82) is 0 Å². The Morgan fingerprint density at radius 2 is 1.70 bits per heavy atom. The van der Waals surface area contributed by atoms with Crippen LogP contribution < -0.4 is 0 Å². The van der Waals surface area contributed by atoms with Gasteiger partial charge in [-0.2, -0.15) is 10.2 Å². The predicted molar refractivity (Wildman–Crippen MR) is 141 cm³/mol. The Morgan fingerprint density at radius 3 is 2.41 bits per heavy atom. The van der Waals surface area contributed by atoms with Crippen molar-refractivity contribution >= 4 is 11.8 Å². The van der Waals surface area contributed by atoms with Crippen molar-refractivity contribution in [2.75, 3.05) is 20.1 Å². The number of hydrogen-bond donors (Lipinski definition) is 0. The van der Waals surface area contributed by atoms with Crippen LogP contribution in [0.25, 0.3) is 5.69 Å². The molecule has 1 aliphatic heterocycles. The summed E-state index contributed by atoms with van der Waals surface area (Å²) in [5.74, 6) is 0.375. The molecule has 8 nitrogen and oxygen atoms in total. The summed E-state index contributed by atoms with van der Waals surface area (Å²) in [6, 6.07) is 21.6. The molecule has 1 fully saturated rings. The number of likely N-dealkylation sites (N-methyl/N-ethyl adjacent to an activating group) is 1. The Hall–Kier alpha value is -4.20. The summed E-state index contributed by atoms with van der Waals surface area (Å²) in [7, 11) is 1.90. The largest absolute Gasteiger partial charge is 0.341 e. The van der Waals surface area contributed by atoms with Gasteiger partial charge in [0, 0.05) is 56.5 Å². The second-order valence-corrected chi connectivity index (χ2v) is 9.60. The average molecular weight is 497 g/mol. The van der Waals surface area contributed by atoms with E-state index in [9.17, 15) is 9.59 Å². The molecule has 1 saturated heterocycles. The van der Waals surface area contributed by atoms with Gasteiger partial charge in [0.05, 0.1) is 5.69 Å². The van der Waals surface area contributed by atoms with E-state index in [1.807, 2.05) is 83.8 Å². The second kappa shape index (κ2) is 11.2. The number of rotatable bonds is 8. The van der Waals surface area contributed by atoms with Gasteiger partial charge in [-0.15, -0.1) is 0 Å². The Morgan fingerprint density at radius 1 is 0.946 bits per heavy atom. The molecule has 190 valence electrons.